The molecule has 0 saturated heterocycles. The summed E-state index contributed by atoms with van der Waals surface area (Å²) < 4.78 is 38.3. The Balaban J connectivity index is 2.32. The van der Waals surface area contributed by atoms with Crippen LogP contribution < -0.4 is 5.73 Å². The van der Waals surface area contributed by atoms with Gasteiger partial charge in [0.25, 0.3) is 0 Å². The molecular weight excluding hydrogens is 259 g/mol. The van der Waals surface area contributed by atoms with Crippen LogP contribution in [0.1, 0.15) is 19.4 Å². The number of hydrogen-bond donors (Lipinski definition) is 1. The predicted molar refractivity (Wildman–Crippen MR) is 63.0 cm³/mol. The van der Waals surface area contributed by atoms with E-state index >= 15 is 0 Å². The Kier molecular flexibility index (Phi) is 3.41. The number of rotatable bonds is 3. The maximum atomic E-state index is 12.4. The molecule has 102 valence electrons. The van der Waals surface area contributed by atoms with Gasteiger partial charge in [-0.15, -0.1) is 5.10 Å². The highest BCUT2D eigenvalue weighted by Crippen LogP contribution is 2.29. The fourth-order valence-corrected chi connectivity index (χ4v) is 1.78. The highest BCUT2D eigenvalue weighted by molar-refractivity contribution is 5.60. The summed E-state index contributed by atoms with van der Waals surface area (Å²) in [7, 11) is 0. The molecule has 2 N–H and O–H groups in total. The Morgan fingerprint density at radius 3 is 2.74 bits per heavy atom. The molecule has 5 nitrogen and oxygen atoms in total. The quantitative estimate of drug-likeness (QED) is 0.870. The van der Waals surface area contributed by atoms with Gasteiger partial charge < -0.3 is 5.73 Å². The molecule has 0 fully saturated rings. The van der Waals surface area contributed by atoms with Gasteiger partial charge in [-0.1, -0.05) is 12.1 Å². The first-order valence-corrected chi connectivity index (χ1v) is 5.57. The van der Waals surface area contributed by atoms with Gasteiger partial charge in [0, 0.05) is 11.3 Å². The summed E-state index contributed by atoms with van der Waals surface area (Å²) in [6.45, 7) is 1.42. The zero-order chi connectivity index (χ0) is 14.0. The maximum absolute atomic E-state index is 12.4. The molecule has 0 aliphatic rings. The molecule has 0 saturated carbocycles. The van der Waals surface area contributed by atoms with Gasteiger partial charge in [-0.25, -0.2) is 4.68 Å². The Bertz CT molecular complexity index is 563. The first kappa shape index (κ1) is 13.3. The van der Waals surface area contributed by atoms with Gasteiger partial charge in [-0.05, 0) is 29.5 Å². The van der Waals surface area contributed by atoms with Crippen LogP contribution in [0, 0.1) is 0 Å². The van der Waals surface area contributed by atoms with Crippen molar-refractivity contribution in [2.45, 2.75) is 25.6 Å². The summed E-state index contributed by atoms with van der Waals surface area (Å²) in [6, 6.07) is 5.79. The van der Waals surface area contributed by atoms with E-state index in [4.69, 9.17) is 5.73 Å². The van der Waals surface area contributed by atoms with Crippen LogP contribution in [0.25, 0.3) is 11.4 Å². The molecule has 1 heterocycles. The van der Waals surface area contributed by atoms with Crippen molar-refractivity contribution in [3.05, 3.63) is 24.3 Å². The number of nitrogen functional groups attached to an aromatic ring is 1. The number of alkyl halides is 3. The SMILES string of the molecule is CC(CC(F)(F)F)n1nnnc1-c1cccc(N)c1. The van der Waals surface area contributed by atoms with Crippen LogP contribution in [0.3, 0.4) is 0 Å². The lowest BCUT2D eigenvalue weighted by atomic mass is 10.1. The van der Waals surface area contributed by atoms with E-state index in [2.05, 4.69) is 15.5 Å². The number of nitrogens with two attached hydrogens (primary N) is 1. The van der Waals surface area contributed by atoms with E-state index in [1.54, 1.807) is 24.3 Å². The van der Waals surface area contributed by atoms with Gasteiger partial charge in [0.05, 0.1) is 12.5 Å². The van der Waals surface area contributed by atoms with E-state index < -0.39 is 18.6 Å². The van der Waals surface area contributed by atoms with Gasteiger partial charge in [-0.2, -0.15) is 13.2 Å². The monoisotopic (exact) mass is 271 g/mol. The van der Waals surface area contributed by atoms with Gasteiger partial charge >= 0.3 is 6.18 Å². The highest BCUT2D eigenvalue weighted by Gasteiger charge is 2.32. The van der Waals surface area contributed by atoms with Crippen LogP contribution in [0.4, 0.5) is 18.9 Å². The first-order valence-electron chi connectivity index (χ1n) is 5.57. The molecule has 0 aliphatic heterocycles. The Labute approximate surface area is 107 Å². The van der Waals surface area contributed by atoms with Crippen molar-refractivity contribution in [1.82, 2.24) is 20.2 Å². The summed E-state index contributed by atoms with van der Waals surface area (Å²) in [5, 5.41) is 10.8. The largest absolute Gasteiger partial charge is 0.399 e. The minimum absolute atomic E-state index is 0.268. The molecule has 1 unspecified atom stereocenters. The normalized spacial score (nSPS) is 13.5. The molecule has 8 heteroatoms. The number of hydrogen-bond acceptors (Lipinski definition) is 4. The lowest BCUT2D eigenvalue weighted by molar-refractivity contribution is -0.142. The smallest absolute Gasteiger partial charge is 0.391 e. The number of anilines is 1. The molecule has 0 radical (unpaired) electrons. The summed E-state index contributed by atoms with van der Waals surface area (Å²) >= 11 is 0. The van der Waals surface area contributed by atoms with E-state index in [0.717, 1.165) is 4.68 Å². The third-order valence-electron chi connectivity index (χ3n) is 2.58. The Hall–Kier alpha value is -2.12. The highest BCUT2D eigenvalue weighted by atomic mass is 19.4. The fourth-order valence-electron chi connectivity index (χ4n) is 1.78. The molecule has 1 aromatic heterocycles. The Morgan fingerprint density at radius 1 is 1.37 bits per heavy atom. The van der Waals surface area contributed by atoms with Crippen molar-refractivity contribution < 1.29 is 13.2 Å². The number of halogens is 3. The average molecular weight is 271 g/mol. The van der Waals surface area contributed by atoms with Crippen molar-refractivity contribution in [3.63, 3.8) is 0 Å². The third-order valence-corrected chi connectivity index (χ3v) is 2.58. The maximum Gasteiger partial charge on any atom is 0.391 e. The van der Waals surface area contributed by atoms with E-state index in [-0.39, 0.29) is 5.82 Å². The Morgan fingerprint density at radius 2 is 2.11 bits per heavy atom. The van der Waals surface area contributed by atoms with Crippen LogP contribution in [0.15, 0.2) is 24.3 Å². The molecule has 0 bridgehead atoms. The van der Waals surface area contributed by atoms with Crippen LogP contribution in [0.5, 0.6) is 0 Å². The second kappa shape index (κ2) is 4.87. The van der Waals surface area contributed by atoms with E-state index in [9.17, 15) is 13.2 Å². The molecule has 1 atom stereocenters. The first-order chi connectivity index (χ1) is 8.87. The average Bonchev–Trinajstić information content (AvgIpc) is 2.75. The topological polar surface area (TPSA) is 69.6 Å². The molecule has 19 heavy (non-hydrogen) atoms. The fraction of sp³-hybridized carbons (Fsp3) is 0.364. The number of tetrazole rings is 1. The zero-order valence-electron chi connectivity index (χ0n) is 10.1. The minimum atomic E-state index is -4.27. The van der Waals surface area contributed by atoms with Crippen molar-refractivity contribution in [1.29, 1.82) is 0 Å². The molecule has 0 aliphatic carbocycles. The van der Waals surface area contributed by atoms with Crippen molar-refractivity contribution in [2.24, 2.45) is 0 Å². The summed E-state index contributed by atoms with van der Waals surface area (Å²) in [4.78, 5) is 0. The van der Waals surface area contributed by atoms with Gasteiger partial charge in [-0.3, -0.25) is 0 Å². The van der Waals surface area contributed by atoms with Gasteiger partial charge in [0.2, 0.25) is 0 Å². The standard InChI is InChI=1S/C11H12F3N5/c1-7(6-11(12,13)14)19-10(16-17-18-19)8-3-2-4-9(15)5-8/h2-5,7H,6,15H2,1H3. The zero-order valence-corrected chi connectivity index (χ0v) is 10.1. The van der Waals surface area contributed by atoms with Gasteiger partial charge in [0.15, 0.2) is 5.82 Å². The molecule has 1 aromatic carbocycles. The second-order valence-electron chi connectivity index (χ2n) is 4.24. The minimum Gasteiger partial charge on any atom is -0.399 e. The van der Waals surface area contributed by atoms with Crippen LogP contribution in [0.2, 0.25) is 0 Å². The summed E-state index contributed by atoms with van der Waals surface area (Å²) in [6.07, 6.45) is -5.26. The number of nitrogens with zero attached hydrogens (tertiary/aromatic N) is 4. The van der Waals surface area contributed by atoms with E-state index in [0.29, 0.717) is 11.3 Å². The number of aromatic nitrogens is 4. The molecule has 0 amide bonds. The van der Waals surface area contributed by atoms with Crippen molar-refractivity contribution in [2.75, 3.05) is 5.73 Å². The van der Waals surface area contributed by atoms with E-state index in [1.165, 1.54) is 6.92 Å². The van der Waals surface area contributed by atoms with Crippen LogP contribution >= 0.6 is 0 Å². The van der Waals surface area contributed by atoms with Gasteiger partial charge in [0.1, 0.15) is 0 Å². The molecule has 2 rings (SSSR count). The molecule has 2 aromatic rings. The van der Waals surface area contributed by atoms with Crippen molar-refractivity contribution in [3.8, 4) is 11.4 Å². The second-order valence-corrected chi connectivity index (χ2v) is 4.24. The summed E-state index contributed by atoms with van der Waals surface area (Å²) in [5.41, 5.74) is 6.71. The lowest BCUT2D eigenvalue weighted by Crippen LogP contribution is -2.18. The lowest BCUT2D eigenvalue weighted by Gasteiger charge is -2.15. The third kappa shape index (κ3) is 3.21. The van der Waals surface area contributed by atoms with Crippen LogP contribution in [-0.2, 0) is 0 Å². The molecular formula is C11H12F3N5. The van der Waals surface area contributed by atoms with E-state index in [1.807, 2.05) is 0 Å². The van der Waals surface area contributed by atoms with Crippen LogP contribution in [-0.4, -0.2) is 26.4 Å². The molecule has 0 spiro atoms. The predicted octanol–water partition coefficient (Wildman–Crippen LogP) is 2.44. The van der Waals surface area contributed by atoms with Crippen molar-refractivity contribution >= 4 is 5.69 Å². The summed E-state index contributed by atoms with van der Waals surface area (Å²) in [5.74, 6) is 0.268. The number of benzene rings is 1.